The third kappa shape index (κ3) is 3.76. The van der Waals surface area contributed by atoms with E-state index >= 15 is 0 Å². The Hall–Kier alpha value is -0.653. The molecule has 0 saturated carbocycles. The van der Waals surface area contributed by atoms with Crippen molar-refractivity contribution in [1.82, 2.24) is 0 Å². The van der Waals surface area contributed by atoms with Crippen molar-refractivity contribution in [2.24, 2.45) is 0 Å². The zero-order chi connectivity index (χ0) is 16.5. The molecule has 0 heterocycles. The molecule has 0 atom stereocenters. The van der Waals surface area contributed by atoms with Crippen LogP contribution in [0.5, 0.6) is 0 Å². The number of rotatable bonds is 5. The van der Waals surface area contributed by atoms with Gasteiger partial charge < -0.3 is 0 Å². The first-order valence-electron chi connectivity index (χ1n) is 7.64. The molecule has 0 bridgehead atoms. The van der Waals surface area contributed by atoms with Crippen molar-refractivity contribution in [3.63, 3.8) is 0 Å². The van der Waals surface area contributed by atoms with E-state index in [1.807, 2.05) is 12.1 Å². The van der Waals surface area contributed by atoms with Crippen molar-refractivity contribution in [1.29, 1.82) is 0 Å². The van der Waals surface area contributed by atoms with E-state index in [2.05, 4.69) is 41.5 Å². The Balaban J connectivity index is 3.73. The third-order valence-electron chi connectivity index (χ3n) is 4.73. The minimum atomic E-state index is -4.17. The molecule has 5 heteroatoms. The first-order valence-corrected chi connectivity index (χ1v) is 11.7. The highest BCUT2D eigenvalue weighted by Crippen LogP contribution is 2.28. The average molecular weight is 329 g/mol. The molecule has 0 aromatic heterocycles. The predicted octanol–water partition coefficient (Wildman–Crippen LogP) is 3.95. The van der Waals surface area contributed by atoms with Crippen LogP contribution in [0.4, 0.5) is 0 Å². The fraction of sp³-hybridized carbons (Fsp3) is 0.625. The molecule has 120 valence electrons. The summed E-state index contributed by atoms with van der Waals surface area (Å²) in [7, 11) is -6.07. The summed E-state index contributed by atoms with van der Waals surface area (Å²) in [5, 5.41) is 0.893. The van der Waals surface area contributed by atoms with Gasteiger partial charge in [-0.15, -0.1) is 0 Å². The van der Waals surface area contributed by atoms with E-state index in [-0.39, 0.29) is 10.3 Å². The molecule has 1 aromatic carbocycles. The van der Waals surface area contributed by atoms with Crippen LogP contribution in [0.2, 0.25) is 18.1 Å². The van der Waals surface area contributed by atoms with Gasteiger partial charge in [-0.05, 0) is 22.2 Å². The summed E-state index contributed by atoms with van der Waals surface area (Å²) in [6.07, 6.45) is 0. The molecular weight excluding hydrogens is 300 g/mol. The van der Waals surface area contributed by atoms with E-state index in [1.54, 1.807) is 6.07 Å². The molecule has 0 spiro atoms. The van der Waals surface area contributed by atoms with Gasteiger partial charge in [0.15, 0.2) is 0 Å². The fourth-order valence-electron chi connectivity index (χ4n) is 2.96. The first-order chi connectivity index (χ1) is 9.51. The minimum absolute atomic E-state index is 0.0398. The van der Waals surface area contributed by atoms with Gasteiger partial charge in [0.1, 0.15) is 0 Å². The average Bonchev–Trinajstić information content (AvgIpc) is 2.39. The van der Waals surface area contributed by atoms with E-state index < -0.39 is 18.2 Å². The Bertz CT molecular complexity index is 588. The summed E-state index contributed by atoms with van der Waals surface area (Å²) in [5.41, 5.74) is 1.08. The van der Waals surface area contributed by atoms with Gasteiger partial charge in [0.05, 0.1) is 13.0 Å². The maximum Gasteiger partial charge on any atom is 0.294 e. The number of hydrogen-bond donors (Lipinski definition) is 1. The standard InChI is InChI=1S/C16H28O3SSi/c1-7-21(8-2,9-3)15-12-13(16(4,5)6)10-11-14(15)20(17,18)19/h10-12H,7-9H2,1-6H3,(H,17,18,19). The van der Waals surface area contributed by atoms with Crippen LogP contribution >= 0.6 is 0 Å². The van der Waals surface area contributed by atoms with E-state index in [0.717, 1.165) is 28.9 Å². The van der Waals surface area contributed by atoms with Crippen LogP contribution in [0.15, 0.2) is 23.1 Å². The summed E-state index contributed by atoms with van der Waals surface area (Å²) in [6.45, 7) is 12.8. The molecule has 0 aliphatic rings. The van der Waals surface area contributed by atoms with Crippen LogP contribution in [-0.2, 0) is 15.5 Å². The summed E-state index contributed by atoms with van der Waals surface area (Å²) < 4.78 is 33.2. The van der Waals surface area contributed by atoms with Gasteiger partial charge in [-0.2, -0.15) is 8.42 Å². The lowest BCUT2D eigenvalue weighted by Gasteiger charge is -2.32. The van der Waals surface area contributed by atoms with Gasteiger partial charge in [0, 0.05) is 0 Å². The molecule has 0 fully saturated rings. The number of benzene rings is 1. The zero-order valence-corrected chi connectivity index (χ0v) is 15.8. The molecule has 1 aromatic rings. The lowest BCUT2D eigenvalue weighted by atomic mass is 9.87. The molecule has 0 aliphatic carbocycles. The van der Waals surface area contributed by atoms with E-state index in [1.165, 1.54) is 0 Å². The molecule has 3 nitrogen and oxygen atoms in total. The van der Waals surface area contributed by atoms with E-state index in [4.69, 9.17) is 0 Å². The van der Waals surface area contributed by atoms with E-state index in [9.17, 15) is 13.0 Å². The molecule has 0 saturated heterocycles. The van der Waals surface area contributed by atoms with Crippen molar-refractivity contribution in [2.45, 2.75) is 70.0 Å². The number of hydrogen-bond acceptors (Lipinski definition) is 2. The van der Waals surface area contributed by atoms with Crippen molar-refractivity contribution in [2.75, 3.05) is 0 Å². The summed E-state index contributed by atoms with van der Waals surface area (Å²) >= 11 is 0. The molecule has 0 amide bonds. The van der Waals surface area contributed by atoms with Gasteiger partial charge >= 0.3 is 0 Å². The molecule has 0 radical (unpaired) electrons. The molecule has 0 unspecified atom stereocenters. The van der Waals surface area contributed by atoms with Gasteiger partial charge in [-0.3, -0.25) is 4.55 Å². The van der Waals surface area contributed by atoms with Gasteiger partial charge in [-0.1, -0.05) is 71.8 Å². The monoisotopic (exact) mass is 328 g/mol. The minimum Gasteiger partial charge on any atom is -0.282 e. The third-order valence-corrected chi connectivity index (χ3v) is 11.4. The summed E-state index contributed by atoms with van der Waals surface area (Å²) in [5.74, 6) is 0. The summed E-state index contributed by atoms with van der Waals surface area (Å²) in [6, 6.07) is 8.40. The molecule has 1 N–H and O–H groups in total. The van der Waals surface area contributed by atoms with Crippen LogP contribution in [0.25, 0.3) is 0 Å². The van der Waals surface area contributed by atoms with E-state index in [0.29, 0.717) is 0 Å². The predicted molar refractivity (Wildman–Crippen MR) is 91.8 cm³/mol. The Morgan fingerprint density at radius 1 is 1.05 bits per heavy atom. The van der Waals surface area contributed by atoms with Crippen molar-refractivity contribution < 1.29 is 13.0 Å². The Kier molecular flexibility index (Phi) is 5.45. The Morgan fingerprint density at radius 3 is 1.86 bits per heavy atom. The van der Waals surface area contributed by atoms with Gasteiger partial charge in [0.2, 0.25) is 0 Å². The second kappa shape index (κ2) is 6.22. The molecule has 21 heavy (non-hydrogen) atoms. The largest absolute Gasteiger partial charge is 0.294 e. The lowest BCUT2D eigenvalue weighted by Crippen LogP contribution is -2.48. The topological polar surface area (TPSA) is 54.4 Å². The second-order valence-electron chi connectivity index (χ2n) is 6.78. The smallest absolute Gasteiger partial charge is 0.282 e. The zero-order valence-electron chi connectivity index (χ0n) is 14.0. The van der Waals surface area contributed by atoms with Gasteiger partial charge in [-0.25, -0.2) is 0 Å². The van der Waals surface area contributed by atoms with Gasteiger partial charge in [0.25, 0.3) is 10.1 Å². The highest BCUT2D eigenvalue weighted by molar-refractivity contribution is 7.86. The van der Waals surface area contributed by atoms with Crippen LogP contribution in [0.3, 0.4) is 0 Å². The Morgan fingerprint density at radius 2 is 1.52 bits per heavy atom. The maximum atomic E-state index is 11.8. The molecule has 0 aliphatic heterocycles. The Labute approximate surface area is 130 Å². The highest BCUT2D eigenvalue weighted by Gasteiger charge is 2.35. The quantitative estimate of drug-likeness (QED) is 0.658. The van der Waals surface area contributed by atoms with Crippen LogP contribution in [-0.4, -0.2) is 21.0 Å². The van der Waals surface area contributed by atoms with Crippen molar-refractivity contribution in [3.05, 3.63) is 23.8 Å². The maximum absolute atomic E-state index is 11.8. The molecule has 1 rings (SSSR count). The van der Waals surface area contributed by atoms with Crippen LogP contribution < -0.4 is 5.19 Å². The SMILES string of the molecule is CC[Si](CC)(CC)c1cc(C(C)(C)C)ccc1S(=O)(=O)O. The molecular formula is C16H28O3SSi. The van der Waals surface area contributed by atoms with Crippen molar-refractivity contribution in [3.8, 4) is 0 Å². The van der Waals surface area contributed by atoms with Crippen LogP contribution in [0, 0.1) is 0 Å². The highest BCUT2D eigenvalue weighted by atomic mass is 32.2. The van der Waals surface area contributed by atoms with Crippen molar-refractivity contribution >= 4 is 23.4 Å². The second-order valence-corrected chi connectivity index (χ2v) is 13.4. The van der Waals surface area contributed by atoms with Crippen LogP contribution in [0.1, 0.15) is 47.1 Å². The summed E-state index contributed by atoms with van der Waals surface area (Å²) in [4.78, 5) is 0.118. The first kappa shape index (κ1) is 18.4. The lowest BCUT2D eigenvalue weighted by molar-refractivity contribution is 0.483. The normalized spacial score (nSPS) is 13.5. The fourth-order valence-corrected chi connectivity index (χ4v) is 8.28.